The van der Waals surface area contributed by atoms with Crippen LogP contribution >= 0.6 is 12.2 Å². The van der Waals surface area contributed by atoms with Crippen molar-refractivity contribution in [2.24, 2.45) is 0 Å². The molecular formula is C28H26FN5O2S. The zero-order valence-electron chi connectivity index (χ0n) is 20.4. The highest BCUT2D eigenvalue weighted by atomic mass is 32.1. The molecule has 37 heavy (non-hydrogen) atoms. The smallest absolute Gasteiger partial charge is 0.250 e. The molecule has 5 rings (SSSR count). The molecule has 188 valence electrons. The van der Waals surface area contributed by atoms with Crippen LogP contribution in [0.4, 0.5) is 15.8 Å². The van der Waals surface area contributed by atoms with Crippen molar-refractivity contribution in [2.75, 3.05) is 23.9 Å². The molecule has 0 spiro atoms. The third kappa shape index (κ3) is 4.96. The second-order valence-electron chi connectivity index (χ2n) is 8.76. The number of carbonyl (C=O) groups is 1. The summed E-state index contributed by atoms with van der Waals surface area (Å²) in [7, 11) is 1.48. The Hall–Kier alpha value is -4.08. The zero-order chi connectivity index (χ0) is 25.9. The Labute approximate surface area is 219 Å². The third-order valence-electron chi connectivity index (χ3n) is 6.32. The Morgan fingerprint density at radius 3 is 2.59 bits per heavy atom. The molecule has 2 unspecified atom stereocenters. The van der Waals surface area contributed by atoms with Crippen LogP contribution in [0, 0.1) is 12.7 Å². The van der Waals surface area contributed by atoms with Gasteiger partial charge in [0.25, 0.3) is 0 Å². The van der Waals surface area contributed by atoms with Gasteiger partial charge in [0.2, 0.25) is 5.91 Å². The number of benzene rings is 2. The predicted molar refractivity (Wildman–Crippen MR) is 145 cm³/mol. The number of methoxy groups -OCH3 is 1. The monoisotopic (exact) mass is 515 g/mol. The summed E-state index contributed by atoms with van der Waals surface area (Å²) in [6.07, 6.45) is 3.72. The predicted octanol–water partition coefficient (Wildman–Crippen LogP) is 5.08. The molecule has 1 aliphatic rings. The van der Waals surface area contributed by atoms with Crippen molar-refractivity contribution in [3.63, 3.8) is 0 Å². The summed E-state index contributed by atoms with van der Waals surface area (Å²) in [6, 6.07) is 21.5. The summed E-state index contributed by atoms with van der Waals surface area (Å²) in [5.74, 6) is -0.510. The number of hydrogen-bond acceptors (Lipinski definition) is 4. The van der Waals surface area contributed by atoms with Gasteiger partial charge in [0, 0.05) is 42.3 Å². The minimum atomic E-state index is -0.290. The second kappa shape index (κ2) is 10.5. The first-order valence-electron chi connectivity index (χ1n) is 11.8. The van der Waals surface area contributed by atoms with Gasteiger partial charge in [-0.15, -0.1) is 0 Å². The maximum absolute atomic E-state index is 13.7. The number of nitrogens with one attached hydrogen (secondary N) is 2. The van der Waals surface area contributed by atoms with Gasteiger partial charge in [-0.3, -0.25) is 9.78 Å². The largest absolute Gasteiger partial charge is 0.375 e. The van der Waals surface area contributed by atoms with E-state index in [1.807, 2.05) is 66.2 Å². The third-order valence-corrected chi connectivity index (χ3v) is 6.64. The van der Waals surface area contributed by atoms with E-state index in [4.69, 9.17) is 17.0 Å². The minimum Gasteiger partial charge on any atom is -0.375 e. The van der Waals surface area contributed by atoms with Crippen molar-refractivity contribution >= 4 is 34.6 Å². The minimum absolute atomic E-state index is 0.0183. The van der Waals surface area contributed by atoms with Crippen LogP contribution in [-0.2, 0) is 9.53 Å². The number of ether oxygens (including phenoxy) is 1. The number of halogens is 1. The fourth-order valence-electron chi connectivity index (χ4n) is 4.66. The highest BCUT2D eigenvalue weighted by Gasteiger charge is 2.42. The lowest BCUT2D eigenvalue weighted by Gasteiger charge is -2.29. The maximum Gasteiger partial charge on any atom is 0.250 e. The molecule has 9 heteroatoms. The Morgan fingerprint density at radius 2 is 1.89 bits per heavy atom. The van der Waals surface area contributed by atoms with Gasteiger partial charge in [-0.2, -0.15) is 0 Å². The molecule has 1 fully saturated rings. The lowest BCUT2D eigenvalue weighted by atomic mass is 10.00. The van der Waals surface area contributed by atoms with Crippen molar-refractivity contribution in [3.8, 4) is 5.69 Å². The van der Waals surface area contributed by atoms with Gasteiger partial charge < -0.3 is 24.8 Å². The van der Waals surface area contributed by atoms with Crippen LogP contribution < -0.4 is 15.5 Å². The van der Waals surface area contributed by atoms with Gasteiger partial charge >= 0.3 is 0 Å². The lowest BCUT2D eigenvalue weighted by molar-refractivity contribution is -0.119. The van der Waals surface area contributed by atoms with E-state index in [0.717, 1.165) is 28.3 Å². The topological polar surface area (TPSA) is 71.4 Å². The second-order valence-corrected chi connectivity index (χ2v) is 9.14. The van der Waals surface area contributed by atoms with Crippen LogP contribution in [0.3, 0.4) is 0 Å². The van der Waals surface area contributed by atoms with Crippen molar-refractivity contribution < 1.29 is 13.9 Å². The molecule has 0 aliphatic carbocycles. The number of thiocarbonyl (C=S) groups is 1. The summed E-state index contributed by atoms with van der Waals surface area (Å²) in [4.78, 5) is 18.7. The van der Waals surface area contributed by atoms with E-state index in [2.05, 4.69) is 20.5 Å². The van der Waals surface area contributed by atoms with Crippen LogP contribution in [0.1, 0.15) is 29.0 Å². The first kappa shape index (κ1) is 24.6. The SMILES string of the molecule is COCC(=O)Nc1ccc(N2C(=S)NC(c3ccccn3)C2c2cccn2-c2ccc(F)cc2)cc1C. The van der Waals surface area contributed by atoms with Crippen molar-refractivity contribution in [3.05, 3.63) is 108 Å². The number of rotatable bonds is 7. The molecule has 2 N–H and O–H groups in total. The number of aryl methyl sites for hydroxylation is 1. The highest BCUT2D eigenvalue weighted by Crippen LogP contribution is 2.42. The van der Waals surface area contributed by atoms with Crippen LogP contribution in [0.2, 0.25) is 0 Å². The Morgan fingerprint density at radius 1 is 1.11 bits per heavy atom. The van der Waals surface area contributed by atoms with Crippen molar-refractivity contribution in [2.45, 2.75) is 19.0 Å². The number of nitrogens with zero attached hydrogens (tertiary/aromatic N) is 3. The van der Waals surface area contributed by atoms with Gasteiger partial charge in [0.15, 0.2) is 5.11 Å². The molecule has 3 heterocycles. The van der Waals surface area contributed by atoms with Crippen molar-refractivity contribution in [1.29, 1.82) is 0 Å². The Balaban J connectivity index is 1.58. The molecule has 2 aromatic heterocycles. The number of aromatic nitrogens is 2. The Bertz CT molecular complexity index is 1420. The fourth-order valence-corrected chi connectivity index (χ4v) is 5.01. The molecule has 0 saturated carbocycles. The van der Waals surface area contributed by atoms with E-state index < -0.39 is 0 Å². The Kier molecular flexibility index (Phi) is 6.98. The quantitative estimate of drug-likeness (QED) is 0.335. The number of amides is 1. The van der Waals surface area contributed by atoms with E-state index >= 15 is 0 Å². The van der Waals surface area contributed by atoms with Gasteiger partial charge in [-0.1, -0.05) is 6.07 Å². The summed E-state index contributed by atoms with van der Waals surface area (Å²) in [5.41, 5.74) is 5.12. The molecule has 2 aromatic carbocycles. The van der Waals surface area contributed by atoms with Crippen LogP contribution in [0.15, 0.2) is 85.2 Å². The zero-order valence-corrected chi connectivity index (χ0v) is 21.2. The van der Waals surface area contributed by atoms with Gasteiger partial charge in [-0.25, -0.2) is 4.39 Å². The number of carbonyl (C=O) groups excluding carboxylic acids is 1. The van der Waals surface area contributed by atoms with Crippen molar-refractivity contribution in [1.82, 2.24) is 14.9 Å². The fraction of sp³-hybridized carbons (Fsp3) is 0.179. The lowest BCUT2D eigenvalue weighted by Crippen LogP contribution is -2.30. The van der Waals surface area contributed by atoms with E-state index in [1.165, 1.54) is 19.2 Å². The average Bonchev–Trinajstić information content (AvgIpc) is 3.51. The van der Waals surface area contributed by atoms with E-state index in [0.29, 0.717) is 10.8 Å². The molecule has 4 aromatic rings. The summed E-state index contributed by atoms with van der Waals surface area (Å²) < 4.78 is 20.6. The van der Waals surface area contributed by atoms with Gasteiger partial charge in [0.05, 0.1) is 11.7 Å². The summed E-state index contributed by atoms with van der Waals surface area (Å²) in [5, 5.41) is 6.89. The maximum atomic E-state index is 13.7. The van der Waals surface area contributed by atoms with E-state index in [-0.39, 0.29) is 30.4 Å². The van der Waals surface area contributed by atoms with Gasteiger partial charge in [0.1, 0.15) is 18.5 Å². The number of hydrogen-bond donors (Lipinski definition) is 2. The summed E-state index contributed by atoms with van der Waals surface area (Å²) in [6.45, 7) is 1.92. The normalized spacial score (nSPS) is 17.1. The van der Waals surface area contributed by atoms with Crippen LogP contribution in [0.5, 0.6) is 0 Å². The van der Waals surface area contributed by atoms with E-state index in [1.54, 1.807) is 18.3 Å². The molecular weight excluding hydrogens is 489 g/mol. The van der Waals surface area contributed by atoms with Gasteiger partial charge in [-0.05, 0) is 91.4 Å². The van der Waals surface area contributed by atoms with Crippen LogP contribution in [-0.4, -0.2) is 34.3 Å². The van der Waals surface area contributed by atoms with E-state index in [9.17, 15) is 9.18 Å². The standard InChI is InChI=1S/C28H26FN5O2S/c1-18-16-21(12-13-22(18)31-25(35)17-36-2)34-27(26(32-28(34)37)23-6-3-4-14-30-23)24-7-5-15-33(24)20-10-8-19(29)9-11-20/h3-16,26-27H,17H2,1-2H3,(H,31,35)(H,32,37). The highest BCUT2D eigenvalue weighted by molar-refractivity contribution is 7.80. The van der Waals surface area contributed by atoms with Crippen LogP contribution in [0.25, 0.3) is 5.69 Å². The molecule has 0 radical (unpaired) electrons. The molecule has 2 atom stereocenters. The molecule has 7 nitrogen and oxygen atoms in total. The molecule has 1 amide bonds. The molecule has 1 aliphatic heterocycles. The number of pyridine rings is 1. The average molecular weight is 516 g/mol. The summed E-state index contributed by atoms with van der Waals surface area (Å²) >= 11 is 5.85. The molecule has 1 saturated heterocycles. The first-order valence-corrected chi connectivity index (χ1v) is 12.2. The number of anilines is 2. The molecule has 0 bridgehead atoms. The first-order chi connectivity index (χ1) is 18.0.